The molecule has 0 aliphatic heterocycles. The third kappa shape index (κ3) is 4.65. The summed E-state index contributed by atoms with van der Waals surface area (Å²) in [6, 6.07) is 7.18. The standard InChI is InChI=1S/C11H17N3O2/c1-14(8-11(13)15)6-7-16-10-4-2-9(12)3-5-10/h2-5H,6-8,12H2,1H3,(H2,13,15). The van der Waals surface area contributed by atoms with Crippen LogP contribution in [0.5, 0.6) is 5.75 Å². The first-order valence-corrected chi connectivity index (χ1v) is 5.03. The van der Waals surface area contributed by atoms with Crippen LogP contribution in [0.2, 0.25) is 0 Å². The Morgan fingerprint density at radius 1 is 1.38 bits per heavy atom. The number of nitrogens with two attached hydrogens (primary N) is 2. The molecule has 0 heterocycles. The summed E-state index contributed by atoms with van der Waals surface area (Å²) >= 11 is 0. The minimum absolute atomic E-state index is 0.241. The molecule has 1 aromatic carbocycles. The third-order valence-corrected chi connectivity index (χ3v) is 2.05. The van der Waals surface area contributed by atoms with E-state index >= 15 is 0 Å². The predicted molar refractivity (Wildman–Crippen MR) is 63.0 cm³/mol. The summed E-state index contributed by atoms with van der Waals surface area (Å²) < 4.78 is 5.46. The molecule has 0 saturated carbocycles. The molecule has 0 spiro atoms. The van der Waals surface area contributed by atoms with E-state index in [-0.39, 0.29) is 12.5 Å². The number of nitrogen functional groups attached to an aromatic ring is 1. The second-order valence-electron chi connectivity index (χ2n) is 3.62. The fraction of sp³-hybridized carbons (Fsp3) is 0.364. The van der Waals surface area contributed by atoms with E-state index in [9.17, 15) is 4.79 Å². The van der Waals surface area contributed by atoms with Crippen molar-refractivity contribution >= 4 is 11.6 Å². The molecule has 0 aliphatic carbocycles. The number of benzene rings is 1. The highest BCUT2D eigenvalue weighted by Crippen LogP contribution is 2.12. The molecule has 1 amide bonds. The number of nitrogens with zero attached hydrogens (tertiary/aromatic N) is 1. The number of hydrogen-bond donors (Lipinski definition) is 2. The molecule has 1 aromatic rings. The topological polar surface area (TPSA) is 81.6 Å². The molecule has 0 aliphatic rings. The van der Waals surface area contributed by atoms with Gasteiger partial charge in [-0.2, -0.15) is 0 Å². The lowest BCUT2D eigenvalue weighted by atomic mass is 10.3. The molecule has 5 nitrogen and oxygen atoms in total. The van der Waals surface area contributed by atoms with Crippen molar-refractivity contribution in [3.05, 3.63) is 24.3 Å². The Labute approximate surface area is 95.0 Å². The quantitative estimate of drug-likeness (QED) is 0.668. The zero-order valence-electron chi connectivity index (χ0n) is 9.35. The van der Waals surface area contributed by atoms with Gasteiger partial charge in [-0.25, -0.2) is 0 Å². The van der Waals surface area contributed by atoms with Crippen molar-refractivity contribution in [1.82, 2.24) is 4.90 Å². The van der Waals surface area contributed by atoms with E-state index in [0.29, 0.717) is 18.8 Å². The predicted octanol–water partition coefficient (Wildman–Crippen LogP) is 0.0647. The summed E-state index contributed by atoms with van der Waals surface area (Å²) in [4.78, 5) is 12.4. The van der Waals surface area contributed by atoms with Crippen molar-refractivity contribution in [2.24, 2.45) is 5.73 Å². The van der Waals surface area contributed by atoms with Crippen molar-refractivity contribution in [1.29, 1.82) is 0 Å². The first-order chi connectivity index (χ1) is 7.58. The normalized spacial score (nSPS) is 10.4. The summed E-state index contributed by atoms with van der Waals surface area (Å²) in [5.41, 5.74) is 11.3. The van der Waals surface area contributed by atoms with Gasteiger partial charge in [-0.1, -0.05) is 0 Å². The van der Waals surface area contributed by atoms with Crippen LogP contribution in [0.4, 0.5) is 5.69 Å². The molecule has 0 saturated heterocycles. The van der Waals surface area contributed by atoms with Crippen LogP contribution >= 0.6 is 0 Å². The molecule has 4 N–H and O–H groups in total. The molecular formula is C11H17N3O2. The smallest absolute Gasteiger partial charge is 0.231 e. The Kier molecular flexibility index (Phi) is 4.60. The van der Waals surface area contributed by atoms with E-state index in [1.54, 1.807) is 17.0 Å². The summed E-state index contributed by atoms with van der Waals surface area (Å²) in [6.07, 6.45) is 0. The van der Waals surface area contributed by atoms with Crippen LogP contribution in [0.25, 0.3) is 0 Å². The van der Waals surface area contributed by atoms with Gasteiger partial charge in [-0.05, 0) is 31.3 Å². The van der Waals surface area contributed by atoms with Crippen LogP contribution in [0, 0.1) is 0 Å². The first kappa shape index (κ1) is 12.3. The van der Waals surface area contributed by atoms with Crippen molar-refractivity contribution in [3.63, 3.8) is 0 Å². The van der Waals surface area contributed by atoms with E-state index in [2.05, 4.69) is 0 Å². The highest BCUT2D eigenvalue weighted by molar-refractivity contribution is 5.75. The van der Waals surface area contributed by atoms with Gasteiger partial charge in [0.1, 0.15) is 12.4 Å². The van der Waals surface area contributed by atoms with Gasteiger partial charge in [0.2, 0.25) is 5.91 Å². The van der Waals surface area contributed by atoms with Crippen LogP contribution in [0.3, 0.4) is 0 Å². The zero-order chi connectivity index (χ0) is 12.0. The van der Waals surface area contributed by atoms with Gasteiger partial charge in [0, 0.05) is 12.2 Å². The lowest BCUT2D eigenvalue weighted by Gasteiger charge is -2.14. The van der Waals surface area contributed by atoms with Gasteiger partial charge in [-0.3, -0.25) is 9.69 Å². The third-order valence-electron chi connectivity index (χ3n) is 2.05. The maximum absolute atomic E-state index is 10.6. The van der Waals surface area contributed by atoms with Crippen LogP contribution in [-0.2, 0) is 4.79 Å². The van der Waals surface area contributed by atoms with Crippen molar-refractivity contribution in [2.75, 3.05) is 32.5 Å². The van der Waals surface area contributed by atoms with Crippen molar-refractivity contribution in [2.45, 2.75) is 0 Å². The van der Waals surface area contributed by atoms with E-state index < -0.39 is 0 Å². The number of rotatable bonds is 6. The lowest BCUT2D eigenvalue weighted by molar-refractivity contribution is -0.118. The van der Waals surface area contributed by atoms with Crippen LogP contribution < -0.4 is 16.2 Å². The largest absolute Gasteiger partial charge is 0.492 e. The number of primary amides is 1. The van der Waals surface area contributed by atoms with E-state index in [1.165, 1.54) is 0 Å². The fourth-order valence-corrected chi connectivity index (χ4v) is 1.23. The molecule has 0 fully saturated rings. The van der Waals surface area contributed by atoms with E-state index in [0.717, 1.165) is 5.75 Å². The zero-order valence-corrected chi connectivity index (χ0v) is 9.35. The average Bonchev–Trinajstić information content (AvgIpc) is 2.20. The molecule has 5 heteroatoms. The SMILES string of the molecule is CN(CCOc1ccc(N)cc1)CC(N)=O. The van der Waals surface area contributed by atoms with Crippen LogP contribution in [-0.4, -0.2) is 37.6 Å². The summed E-state index contributed by atoms with van der Waals surface area (Å²) in [5, 5.41) is 0. The van der Waals surface area contributed by atoms with Gasteiger partial charge >= 0.3 is 0 Å². The molecule has 1 rings (SSSR count). The first-order valence-electron chi connectivity index (χ1n) is 5.03. The van der Waals surface area contributed by atoms with Gasteiger partial charge in [0.15, 0.2) is 0 Å². The molecular weight excluding hydrogens is 206 g/mol. The Hall–Kier alpha value is -1.75. The Bertz CT molecular complexity index is 338. The fourth-order valence-electron chi connectivity index (χ4n) is 1.23. The van der Waals surface area contributed by atoms with Gasteiger partial charge < -0.3 is 16.2 Å². The Morgan fingerprint density at radius 3 is 2.56 bits per heavy atom. The number of amides is 1. The molecule has 88 valence electrons. The highest BCUT2D eigenvalue weighted by Gasteiger charge is 2.02. The van der Waals surface area contributed by atoms with Gasteiger partial charge in [0.05, 0.1) is 6.54 Å². The summed E-state index contributed by atoms with van der Waals surface area (Å²) in [6.45, 7) is 1.39. The van der Waals surface area contributed by atoms with E-state index in [4.69, 9.17) is 16.2 Å². The number of carbonyl (C=O) groups excluding carboxylic acids is 1. The van der Waals surface area contributed by atoms with Crippen LogP contribution in [0.15, 0.2) is 24.3 Å². The van der Waals surface area contributed by atoms with E-state index in [1.807, 2.05) is 19.2 Å². The van der Waals surface area contributed by atoms with Crippen molar-refractivity contribution < 1.29 is 9.53 Å². The molecule has 0 bridgehead atoms. The Balaban J connectivity index is 2.25. The lowest BCUT2D eigenvalue weighted by Crippen LogP contribution is -2.33. The number of likely N-dealkylation sites (N-methyl/N-ethyl adjacent to an activating group) is 1. The minimum Gasteiger partial charge on any atom is -0.492 e. The van der Waals surface area contributed by atoms with Gasteiger partial charge in [0.25, 0.3) is 0 Å². The highest BCUT2D eigenvalue weighted by atomic mass is 16.5. The number of carbonyl (C=O) groups is 1. The second-order valence-corrected chi connectivity index (χ2v) is 3.62. The number of anilines is 1. The maximum Gasteiger partial charge on any atom is 0.231 e. The average molecular weight is 223 g/mol. The molecule has 0 atom stereocenters. The number of hydrogen-bond acceptors (Lipinski definition) is 4. The molecule has 16 heavy (non-hydrogen) atoms. The Morgan fingerprint density at radius 2 is 2.00 bits per heavy atom. The monoisotopic (exact) mass is 223 g/mol. The van der Waals surface area contributed by atoms with Crippen LogP contribution in [0.1, 0.15) is 0 Å². The van der Waals surface area contributed by atoms with Crippen molar-refractivity contribution in [3.8, 4) is 5.75 Å². The molecule has 0 radical (unpaired) electrons. The number of ether oxygens (including phenoxy) is 1. The van der Waals surface area contributed by atoms with Gasteiger partial charge in [-0.15, -0.1) is 0 Å². The maximum atomic E-state index is 10.6. The summed E-state index contributed by atoms with van der Waals surface area (Å²) in [5.74, 6) is 0.427. The second kappa shape index (κ2) is 5.97. The molecule has 0 unspecified atom stereocenters. The molecule has 0 aromatic heterocycles. The minimum atomic E-state index is -0.338. The summed E-state index contributed by atoms with van der Waals surface area (Å²) in [7, 11) is 1.82.